The predicted octanol–water partition coefficient (Wildman–Crippen LogP) is 2.12. The number of fused-ring (bicyclic) bond motifs is 3. The van der Waals surface area contributed by atoms with Crippen molar-refractivity contribution in [3.8, 4) is 5.69 Å². The number of nitrogens with zero attached hydrogens (tertiary/aromatic N) is 4. The van der Waals surface area contributed by atoms with Crippen molar-refractivity contribution >= 4 is 28.9 Å². The quantitative estimate of drug-likeness (QED) is 0.408. The summed E-state index contributed by atoms with van der Waals surface area (Å²) < 4.78 is 2.02. The van der Waals surface area contributed by atoms with Crippen LogP contribution in [0.1, 0.15) is 17.1 Å². The Morgan fingerprint density at radius 2 is 2.00 bits per heavy atom. The van der Waals surface area contributed by atoms with Crippen LogP contribution in [0.15, 0.2) is 41.2 Å². The summed E-state index contributed by atoms with van der Waals surface area (Å²) >= 11 is 12.3. The van der Waals surface area contributed by atoms with Gasteiger partial charge in [0.2, 0.25) is 18.1 Å². The number of hydroxylamine groups is 1. The third-order valence-corrected chi connectivity index (χ3v) is 4.25. The SMILES string of the molecule is O=c1[nH]nc2n1-c1ccc(Cl)nc1C(c1ccccc1Cl)=[N+]([O-])C2. The van der Waals surface area contributed by atoms with Crippen molar-refractivity contribution in [2.24, 2.45) is 0 Å². The first-order valence-electron chi connectivity index (χ1n) is 6.96. The standard InChI is InChI=1S/C15H9Cl2N5O2/c16-9-4-2-1-3-8(9)14-13-10(5-6-11(17)18-13)22-12(7-21(14)24)19-20-15(22)23/h1-6H,7H2,(H,20,23). The normalized spacial score (nSPS) is 13.4. The van der Waals surface area contributed by atoms with E-state index in [2.05, 4.69) is 15.2 Å². The third-order valence-electron chi connectivity index (χ3n) is 3.71. The van der Waals surface area contributed by atoms with Crippen LogP contribution in [0.4, 0.5) is 0 Å². The first kappa shape index (κ1) is 14.9. The smallest absolute Gasteiger partial charge is 0.348 e. The van der Waals surface area contributed by atoms with Crippen LogP contribution in [0.3, 0.4) is 0 Å². The highest BCUT2D eigenvalue weighted by Crippen LogP contribution is 2.26. The molecule has 0 bridgehead atoms. The maximum Gasteiger partial charge on any atom is 0.348 e. The average molecular weight is 362 g/mol. The van der Waals surface area contributed by atoms with E-state index in [1.807, 2.05) is 0 Å². The molecular weight excluding hydrogens is 353 g/mol. The molecule has 0 saturated carbocycles. The molecule has 3 heterocycles. The lowest BCUT2D eigenvalue weighted by Gasteiger charge is -2.11. The van der Waals surface area contributed by atoms with E-state index in [1.165, 1.54) is 4.57 Å². The molecule has 1 aromatic carbocycles. The molecule has 7 nitrogen and oxygen atoms in total. The number of pyridine rings is 1. The Bertz CT molecular complexity index is 1050. The third kappa shape index (κ3) is 2.21. The van der Waals surface area contributed by atoms with Crippen molar-refractivity contribution in [3.63, 3.8) is 0 Å². The van der Waals surface area contributed by atoms with Gasteiger partial charge in [0.1, 0.15) is 5.15 Å². The molecule has 1 N–H and O–H groups in total. The van der Waals surface area contributed by atoms with Crippen molar-refractivity contribution in [2.45, 2.75) is 6.54 Å². The Labute approximate surface area is 145 Å². The van der Waals surface area contributed by atoms with E-state index in [9.17, 15) is 10.0 Å². The van der Waals surface area contributed by atoms with Gasteiger partial charge < -0.3 is 5.21 Å². The van der Waals surface area contributed by atoms with Crippen LogP contribution in [0.5, 0.6) is 0 Å². The number of nitrogens with one attached hydrogen (secondary N) is 1. The number of rotatable bonds is 1. The minimum absolute atomic E-state index is 0.132. The van der Waals surface area contributed by atoms with Crippen LogP contribution in [0.2, 0.25) is 10.2 Å². The molecule has 0 radical (unpaired) electrons. The summed E-state index contributed by atoms with van der Waals surface area (Å²) in [6.07, 6.45) is 0. The van der Waals surface area contributed by atoms with E-state index >= 15 is 0 Å². The molecule has 0 spiro atoms. The van der Waals surface area contributed by atoms with Crippen LogP contribution in [0.25, 0.3) is 5.69 Å². The van der Waals surface area contributed by atoms with Gasteiger partial charge >= 0.3 is 5.69 Å². The number of benzene rings is 1. The maximum absolute atomic E-state index is 12.8. The minimum atomic E-state index is -0.454. The Morgan fingerprint density at radius 3 is 2.79 bits per heavy atom. The van der Waals surface area contributed by atoms with E-state index in [1.54, 1.807) is 36.4 Å². The van der Waals surface area contributed by atoms with Crippen molar-refractivity contribution in [1.82, 2.24) is 19.7 Å². The number of hydrogen-bond donors (Lipinski definition) is 1. The Balaban J connectivity index is 2.11. The fraction of sp³-hybridized carbons (Fsp3) is 0.0667. The highest BCUT2D eigenvalue weighted by molar-refractivity contribution is 6.35. The van der Waals surface area contributed by atoms with Gasteiger partial charge in [-0.2, -0.15) is 9.84 Å². The summed E-state index contributed by atoms with van der Waals surface area (Å²) in [4.78, 5) is 16.4. The van der Waals surface area contributed by atoms with E-state index in [4.69, 9.17) is 23.2 Å². The number of aromatic nitrogens is 4. The number of halogens is 2. The van der Waals surface area contributed by atoms with Crippen LogP contribution < -0.4 is 5.69 Å². The number of aromatic amines is 1. The van der Waals surface area contributed by atoms with Crippen molar-refractivity contribution in [1.29, 1.82) is 0 Å². The molecule has 0 unspecified atom stereocenters. The number of H-pyrrole nitrogens is 1. The van der Waals surface area contributed by atoms with Crippen molar-refractivity contribution in [3.05, 3.63) is 79.3 Å². The summed E-state index contributed by atoms with van der Waals surface area (Å²) in [5.41, 5.74) is 0.980. The predicted molar refractivity (Wildman–Crippen MR) is 89.0 cm³/mol. The first-order chi connectivity index (χ1) is 11.6. The van der Waals surface area contributed by atoms with E-state index in [0.29, 0.717) is 21.0 Å². The second kappa shape index (κ2) is 5.47. The summed E-state index contributed by atoms with van der Waals surface area (Å²) in [7, 11) is 0. The fourth-order valence-electron chi connectivity index (χ4n) is 2.71. The summed E-state index contributed by atoms with van der Waals surface area (Å²) in [6.45, 7) is -0.132. The molecule has 0 fully saturated rings. The summed E-state index contributed by atoms with van der Waals surface area (Å²) in [6, 6.07) is 10.1. The van der Waals surface area contributed by atoms with Gasteiger partial charge in [-0.25, -0.2) is 19.4 Å². The molecule has 9 heteroatoms. The minimum Gasteiger partial charge on any atom is -0.623 e. The fourth-order valence-corrected chi connectivity index (χ4v) is 3.08. The largest absolute Gasteiger partial charge is 0.623 e. The average Bonchev–Trinajstić information content (AvgIpc) is 2.85. The zero-order valence-corrected chi connectivity index (χ0v) is 13.5. The van der Waals surface area contributed by atoms with Gasteiger partial charge in [0.15, 0.2) is 5.69 Å². The molecule has 0 aliphatic carbocycles. The zero-order chi connectivity index (χ0) is 16.8. The topological polar surface area (TPSA) is 89.6 Å². The lowest BCUT2D eigenvalue weighted by molar-refractivity contribution is -0.475. The molecule has 0 amide bonds. The molecule has 4 rings (SSSR count). The van der Waals surface area contributed by atoms with Crippen LogP contribution in [-0.2, 0) is 6.54 Å². The van der Waals surface area contributed by atoms with Crippen molar-refractivity contribution < 1.29 is 4.74 Å². The van der Waals surface area contributed by atoms with Gasteiger partial charge in [-0.05, 0) is 24.3 Å². The second-order valence-electron chi connectivity index (χ2n) is 5.15. The highest BCUT2D eigenvalue weighted by atomic mass is 35.5. The summed E-state index contributed by atoms with van der Waals surface area (Å²) in [5.74, 6) is 0.280. The molecule has 1 aliphatic heterocycles. The highest BCUT2D eigenvalue weighted by Gasteiger charge is 2.31. The van der Waals surface area contributed by atoms with E-state index in [0.717, 1.165) is 0 Å². The van der Waals surface area contributed by atoms with Gasteiger partial charge in [-0.15, -0.1) is 0 Å². The van der Waals surface area contributed by atoms with Crippen LogP contribution >= 0.6 is 23.2 Å². The molecular formula is C15H9Cl2N5O2. The van der Waals surface area contributed by atoms with Crippen LogP contribution in [-0.4, -0.2) is 30.2 Å². The maximum atomic E-state index is 12.8. The molecule has 120 valence electrons. The second-order valence-corrected chi connectivity index (χ2v) is 5.94. The van der Waals surface area contributed by atoms with Gasteiger partial charge in [-0.3, -0.25) is 0 Å². The molecule has 3 aromatic rings. The molecule has 0 saturated heterocycles. The van der Waals surface area contributed by atoms with Crippen molar-refractivity contribution in [2.75, 3.05) is 0 Å². The Hall–Kier alpha value is -2.64. The molecule has 24 heavy (non-hydrogen) atoms. The molecule has 1 aliphatic rings. The monoisotopic (exact) mass is 361 g/mol. The van der Waals surface area contributed by atoms with E-state index in [-0.39, 0.29) is 28.9 Å². The Kier molecular flexibility index (Phi) is 3.40. The van der Waals surface area contributed by atoms with Gasteiger partial charge in [0.25, 0.3) is 0 Å². The van der Waals surface area contributed by atoms with Crippen LogP contribution in [0, 0.1) is 5.21 Å². The lowest BCUT2D eigenvalue weighted by Crippen LogP contribution is -2.20. The van der Waals surface area contributed by atoms with Gasteiger partial charge in [0, 0.05) is 0 Å². The molecule has 2 aromatic heterocycles. The van der Waals surface area contributed by atoms with E-state index < -0.39 is 5.69 Å². The first-order valence-corrected chi connectivity index (χ1v) is 7.72. The Morgan fingerprint density at radius 1 is 1.21 bits per heavy atom. The molecule has 0 atom stereocenters. The number of hydrogen-bond acceptors (Lipinski definition) is 4. The zero-order valence-electron chi connectivity index (χ0n) is 12.0. The van der Waals surface area contributed by atoms with Gasteiger partial charge in [0.05, 0.1) is 16.3 Å². The van der Waals surface area contributed by atoms with Gasteiger partial charge in [-0.1, -0.05) is 35.3 Å². The lowest BCUT2D eigenvalue weighted by atomic mass is 10.1. The summed E-state index contributed by atoms with van der Waals surface area (Å²) in [5, 5.41) is 19.6.